The first-order valence-corrected chi connectivity index (χ1v) is 8.11. The molecule has 0 bridgehead atoms. The predicted molar refractivity (Wildman–Crippen MR) is 86.1 cm³/mol. The normalized spacial score (nSPS) is 23.9. The van der Waals surface area contributed by atoms with Gasteiger partial charge in [0.1, 0.15) is 0 Å². The minimum absolute atomic E-state index is 0.0602. The number of piperazine rings is 1. The molecule has 0 spiro atoms. The van der Waals surface area contributed by atoms with Gasteiger partial charge in [0.15, 0.2) is 0 Å². The molecule has 1 aromatic heterocycles. The van der Waals surface area contributed by atoms with Gasteiger partial charge in [0.05, 0.1) is 5.54 Å². The van der Waals surface area contributed by atoms with E-state index in [1.807, 2.05) is 11.3 Å². The van der Waals surface area contributed by atoms with Gasteiger partial charge in [0.25, 0.3) is 0 Å². The third-order valence-corrected chi connectivity index (χ3v) is 5.24. The molecule has 106 valence electrons. The van der Waals surface area contributed by atoms with Gasteiger partial charge < -0.3 is 5.32 Å². The van der Waals surface area contributed by atoms with Crippen LogP contribution in [0.1, 0.15) is 22.9 Å². The Balaban J connectivity index is 1.75. The zero-order valence-corrected chi connectivity index (χ0v) is 13.0. The van der Waals surface area contributed by atoms with Crippen LogP contribution in [0.25, 0.3) is 0 Å². The highest BCUT2D eigenvalue weighted by atomic mass is 32.1. The third kappa shape index (κ3) is 2.80. The Morgan fingerprint density at radius 1 is 1.25 bits per heavy atom. The Hall–Kier alpha value is -1.16. The molecule has 1 N–H and O–H groups in total. The topological polar surface area (TPSA) is 15.3 Å². The van der Waals surface area contributed by atoms with Gasteiger partial charge in [-0.15, -0.1) is 11.3 Å². The first kappa shape index (κ1) is 13.8. The van der Waals surface area contributed by atoms with Crippen molar-refractivity contribution in [3.05, 3.63) is 57.8 Å². The highest BCUT2D eigenvalue weighted by Crippen LogP contribution is 2.26. The molecular weight excluding hydrogens is 264 g/mol. The van der Waals surface area contributed by atoms with Crippen LogP contribution in [0.3, 0.4) is 0 Å². The van der Waals surface area contributed by atoms with E-state index in [1.165, 1.54) is 16.0 Å². The number of rotatable bonds is 3. The molecule has 0 aliphatic carbocycles. The van der Waals surface area contributed by atoms with Crippen molar-refractivity contribution >= 4 is 11.3 Å². The van der Waals surface area contributed by atoms with Crippen LogP contribution in [0.15, 0.2) is 41.8 Å². The Morgan fingerprint density at radius 2 is 2.05 bits per heavy atom. The lowest BCUT2D eigenvalue weighted by molar-refractivity contribution is 0.137. The molecule has 0 amide bonds. The molecule has 20 heavy (non-hydrogen) atoms. The minimum atomic E-state index is 0.0602. The maximum absolute atomic E-state index is 3.70. The fraction of sp³-hybridized carbons (Fsp3) is 0.412. The van der Waals surface area contributed by atoms with Crippen molar-refractivity contribution in [2.75, 3.05) is 19.6 Å². The van der Waals surface area contributed by atoms with E-state index in [0.717, 1.165) is 26.2 Å². The maximum atomic E-state index is 3.70. The van der Waals surface area contributed by atoms with Crippen LogP contribution < -0.4 is 5.32 Å². The molecule has 1 unspecified atom stereocenters. The summed E-state index contributed by atoms with van der Waals surface area (Å²) in [6.07, 6.45) is 0. The molecule has 1 aliphatic heterocycles. The van der Waals surface area contributed by atoms with Crippen LogP contribution >= 0.6 is 11.3 Å². The first-order valence-electron chi connectivity index (χ1n) is 7.23. The molecule has 3 heteroatoms. The summed E-state index contributed by atoms with van der Waals surface area (Å²) in [6, 6.07) is 13.0. The van der Waals surface area contributed by atoms with Crippen molar-refractivity contribution in [2.45, 2.75) is 25.9 Å². The Morgan fingerprint density at radius 3 is 2.75 bits per heavy atom. The molecular formula is C17H22N2S. The van der Waals surface area contributed by atoms with E-state index in [0.29, 0.717) is 0 Å². The van der Waals surface area contributed by atoms with Crippen LogP contribution in [-0.4, -0.2) is 24.5 Å². The number of hydrogen-bond donors (Lipinski definition) is 1. The van der Waals surface area contributed by atoms with Crippen LogP contribution in [0.5, 0.6) is 0 Å². The van der Waals surface area contributed by atoms with Gasteiger partial charge in [-0.25, -0.2) is 0 Å². The number of thiophene rings is 1. The first-order chi connectivity index (χ1) is 9.67. The largest absolute Gasteiger partial charge is 0.305 e. The number of hydrogen-bond acceptors (Lipinski definition) is 3. The number of nitrogens with one attached hydrogen (secondary N) is 1. The van der Waals surface area contributed by atoms with Gasteiger partial charge in [-0.3, -0.25) is 4.90 Å². The average Bonchev–Trinajstić information content (AvgIpc) is 2.85. The Labute approximate surface area is 125 Å². The molecule has 2 nitrogen and oxygen atoms in total. The molecule has 0 saturated carbocycles. The van der Waals surface area contributed by atoms with Crippen LogP contribution in [0.4, 0.5) is 0 Å². The van der Waals surface area contributed by atoms with Crippen LogP contribution in [0.2, 0.25) is 0 Å². The molecule has 1 saturated heterocycles. The van der Waals surface area contributed by atoms with Crippen LogP contribution in [-0.2, 0) is 12.1 Å². The van der Waals surface area contributed by atoms with Gasteiger partial charge in [-0.05, 0) is 36.4 Å². The summed E-state index contributed by atoms with van der Waals surface area (Å²) < 4.78 is 0. The van der Waals surface area contributed by atoms with Gasteiger partial charge >= 0.3 is 0 Å². The van der Waals surface area contributed by atoms with E-state index in [2.05, 4.69) is 65.8 Å². The van der Waals surface area contributed by atoms with E-state index in [4.69, 9.17) is 0 Å². The molecule has 2 heterocycles. The number of nitrogens with zero attached hydrogens (tertiary/aromatic N) is 1. The molecule has 3 rings (SSSR count). The standard InChI is InChI=1S/C17H22N2S/c1-14-8-11-20-16(14)12-19-10-9-18-17(2,13-19)15-6-4-3-5-7-15/h3-8,11,18H,9-10,12-13H2,1-2H3. The average molecular weight is 286 g/mol. The summed E-state index contributed by atoms with van der Waals surface area (Å²) in [4.78, 5) is 4.07. The lowest BCUT2D eigenvalue weighted by Gasteiger charge is -2.42. The molecule has 1 aromatic carbocycles. The van der Waals surface area contributed by atoms with Crippen LogP contribution in [0, 0.1) is 6.92 Å². The predicted octanol–water partition coefficient (Wildman–Crippen LogP) is 3.38. The lowest BCUT2D eigenvalue weighted by Crippen LogP contribution is -2.56. The second-order valence-corrected chi connectivity index (χ2v) is 6.86. The molecule has 1 aliphatic rings. The fourth-order valence-electron chi connectivity index (χ4n) is 2.98. The monoisotopic (exact) mass is 286 g/mol. The van der Waals surface area contributed by atoms with E-state index in [1.54, 1.807) is 0 Å². The zero-order valence-electron chi connectivity index (χ0n) is 12.2. The second-order valence-electron chi connectivity index (χ2n) is 5.86. The van der Waals surface area contributed by atoms with E-state index in [-0.39, 0.29) is 5.54 Å². The zero-order chi connectivity index (χ0) is 14.0. The summed E-state index contributed by atoms with van der Waals surface area (Å²) >= 11 is 1.88. The highest BCUT2D eigenvalue weighted by Gasteiger charge is 2.32. The van der Waals surface area contributed by atoms with Crippen molar-refractivity contribution in [3.8, 4) is 0 Å². The summed E-state index contributed by atoms with van der Waals surface area (Å²) in [7, 11) is 0. The quantitative estimate of drug-likeness (QED) is 0.930. The summed E-state index contributed by atoms with van der Waals surface area (Å²) in [5.74, 6) is 0. The lowest BCUT2D eigenvalue weighted by atomic mass is 9.89. The molecule has 2 aromatic rings. The highest BCUT2D eigenvalue weighted by molar-refractivity contribution is 7.10. The fourth-order valence-corrected chi connectivity index (χ4v) is 3.92. The Kier molecular flexibility index (Phi) is 3.92. The third-order valence-electron chi connectivity index (χ3n) is 4.23. The van der Waals surface area contributed by atoms with E-state index in [9.17, 15) is 0 Å². The van der Waals surface area contributed by atoms with Gasteiger partial charge in [-0.1, -0.05) is 30.3 Å². The molecule has 1 fully saturated rings. The van der Waals surface area contributed by atoms with Crippen molar-refractivity contribution in [1.82, 2.24) is 10.2 Å². The SMILES string of the molecule is Cc1ccsc1CN1CCNC(C)(c2ccccc2)C1. The van der Waals surface area contributed by atoms with Crippen molar-refractivity contribution in [2.24, 2.45) is 0 Å². The summed E-state index contributed by atoms with van der Waals surface area (Å²) in [6.45, 7) is 8.84. The Bertz CT molecular complexity index is 563. The van der Waals surface area contributed by atoms with E-state index >= 15 is 0 Å². The van der Waals surface area contributed by atoms with Crippen molar-refractivity contribution in [1.29, 1.82) is 0 Å². The smallest absolute Gasteiger partial charge is 0.0535 e. The van der Waals surface area contributed by atoms with E-state index < -0.39 is 0 Å². The summed E-state index contributed by atoms with van der Waals surface area (Å²) in [5.41, 5.74) is 2.87. The second kappa shape index (κ2) is 5.68. The maximum Gasteiger partial charge on any atom is 0.0535 e. The number of aryl methyl sites for hydroxylation is 1. The molecule has 0 radical (unpaired) electrons. The number of benzene rings is 1. The minimum Gasteiger partial charge on any atom is -0.305 e. The summed E-state index contributed by atoms with van der Waals surface area (Å²) in [5, 5.41) is 5.90. The van der Waals surface area contributed by atoms with Crippen molar-refractivity contribution < 1.29 is 0 Å². The van der Waals surface area contributed by atoms with Gasteiger partial charge in [-0.2, -0.15) is 0 Å². The van der Waals surface area contributed by atoms with Crippen molar-refractivity contribution in [3.63, 3.8) is 0 Å². The van der Waals surface area contributed by atoms with Gasteiger partial charge in [0.2, 0.25) is 0 Å². The molecule has 1 atom stereocenters. The van der Waals surface area contributed by atoms with Gasteiger partial charge in [0, 0.05) is 31.1 Å².